The molecule has 4 heteroatoms. The fraction of sp³-hybridized carbons (Fsp3) is 0.400. The van der Waals surface area contributed by atoms with E-state index in [0.29, 0.717) is 11.5 Å². The Bertz CT molecular complexity index is 489. The molecule has 2 aromatic heterocycles. The van der Waals surface area contributed by atoms with Crippen LogP contribution in [0.2, 0.25) is 0 Å². The lowest BCUT2D eigenvalue weighted by atomic mass is 9.95. The topological polar surface area (TPSA) is 64.9 Å². The van der Waals surface area contributed by atoms with Gasteiger partial charge in [0.25, 0.3) is 0 Å². The molecular formula is C10H11N3O. The highest BCUT2D eigenvalue weighted by Gasteiger charge is 2.15. The highest BCUT2D eigenvalue weighted by atomic mass is 16.5. The fourth-order valence-corrected chi connectivity index (χ4v) is 2.02. The molecule has 72 valence electrons. The molecule has 0 atom stereocenters. The molecule has 0 saturated heterocycles. The van der Waals surface area contributed by atoms with Crippen LogP contribution in [-0.2, 0) is 12.8 Å². The summed E-state index contributed by atoms with van der Waals surface area (Å²) in [4.78, 5) is 4.45. The fourth-order valence-electron chi connectivity index (χ4n) is 2.02. The van der Waals surface area contributed by atoms with Gasteiger partial charge in [-0.1, -0.05) is 5.16 Å². The molecule has 0 saturated carbocycles. The zero-order valence-corrected chi connectivity index (χ0v) is 7.79. The van der Waals surface area contributed by atoms with Gasteiger partial charge in [0.05, 0.1) is 5.39 Å². The van der Waals surface area contributed by atoms with Gasteiger partial charge >= 0.3 is 0 Å². The summed E-state index contributed by atoms with van der Waals surface area (Å²) in [6.45, 7) is 0. The second-order valence-corrected chi connectivity index (χ2v) is 3.72. The van der Waals surface area contributed by atoms with Crippen LogP contribution in [0.1, 0.15) is 24.1 Å². The maximum absolute atomic E-state index is 5.64. The van der Waals surface area contributed by atoms with E-state index in [-0.39, 0.29) is 0 Å². The highest BCUT2D eigenvalue weighted by molar-refractivity contribution is 5.85. The van der Waals surface area contributed by atoms with E-state index in [1.165, 1.54) is 18.4 Å². The zero-order chi connectivity index (χ0) is 9.54. The number of hydrogen-bond acceptors (Lipinski definition) is 4. The molecule has 14 heavy (non-hydrogen) atoms. The van der Waals surface area contributed by atoms with Crippen LogP contribution in [0.4, 0.5) is 5.88 Å². The van der Waals surface area contributed by atoms with Gasteiger partial charge in [0, 0.05) is 5.69 Å². The van der Waals surface area contributed by atoms with E-state index in [9.17, 15) is 0 Å². The first-order chi connectivity index (χ1) is 6.84. The molecule has 0 aliphatic heterocycles. The summed E-state index contributed by atoms with van der Waals surface area (Å²) in [5.41, 5.74) is 8.75. The summed E-state index contributed by atoms with van der Waals surface area (Å²) in [6.07, 6.45) is 4.62. The normalized spacial score (nSPS) is 15.7. The van der Waals surface area contributed by atoms with Crippen molar-refractivity contribution in [1.29, 1.82) is 0 Å². The summed E-state index contributed by atoms with van der Waals surface area (Å²) in [7, 11) is 0. The molecule has 0 bridgehead atoms. The number of anilines is 1. The van der Waals surface area contributed by atoms with Crippen molar-refractivity contribution in [1.82, 2.24) is 10.1 Å². The molecule has 1 aliphatic carbocycles. The van der Waals surface area contributed by atoms with Gasteiger partial charge in [-0.25, -0.2) is 4.98 Å². The molecule has 2 heterocycles. The van der Waals surface area contributed by atoms with Crippen LogP contribution in [0.15, 0.2) is 10.6 Å². The molecule has 2 aromatic rings. The van der Waals surface area contributed by atoms with Gasteiger partial charge in [-0.05, 0) is 37.3 Å². The number of pyridine rings is 1. The molecular weight excluding hydrogens is 178 g/mol. The van der Waals surface area contributed by atoms with Crippen molar-refractivity contribution in [3.8, 4) is 0 Å². The third-order valence-electron chi connectivity index (χ3n) is 2.78. The average Bonchev–Trinajstić information content (AvgIpc) is 2.57. The Hall–Kier alpha value is -1.58. The molecule has 4 nitrogen and oxygen atoms in total. The van der Waals surface area contributed by atoms with Crippen LogP contribution in [-0.4, -0.2) is 10.1 Å². The molecule has 2 N–H and O–H groups in total. The highest BCUT2D eigenvalue weighted by Crippen LogP contribution is 2.26. The maximum Gasteiger partial charge on any atom is 0.231 e. The summed E-state index contributed by atoms with van der Waals surface area (Å²) in [5, 5.41) is 4.67. The third kappa shape index (κ3) is 0.999. The van der Waals surface area contributed by atoms with Crippen molar-refractivity contribution in [3.05, 3.63) is 17.3 Å². The number of aromatic nitrogens is 2. The summed E-state index contributed by atoms with van der Waals surface area (Å²) >= 11 is 0. The summed E-state index contributed by atoms with van der Waals surface area (Å²) in [5.74, 6) is 0.376. The first-order valence-corrected chi connectivity index (χ1v) is 4.88. The van der Waals surface area contributed by atoms with Crippen LogP contribution in [0, 0.1) is 0 Å². The standard InChI is InChI=1S/C10H11N3O/c11-9-7-5-6-3-1-2-4-8(6)12-10(7)13-14-9/h5H,1-4,11H2. The van der Waals surface area contributed by atoms with E-state index in [4.69, 9.17) is 10.3 Å². The minimum Gasteiger partial charge on any atom is -0.367 e. The minimum absolute atomic E-state index is 0.376. The van der Waals surface area contributed by atoms with Crippen LogP contribution < -0.4 is 5.73 Å². The van der Waals surface area contributed by atoms with Gasteiger partial charge in [-0.2, -0.15) is 0 Å². The number of fused-ring (bicyclic) bond motifs is 2. The molecule has 0 spiro atoms. The zero-order valence-electron chi connectivity index (χ0n) is 7.79. The van der Waals surface area contributed by atoms with Gasteiger partial charge in [0.15, 0.2) is 0 Å². The number of hydrogen-bond donors (Lipinski definition) is 1. The lowest BCUT2D eigenvalue weighted by molar-refractivity contribution is 0.443. The maximum atomic E-state index is 5.64. The molecule has 3 rings (SSSR count). The third-order valence-corrected chi connectivity index (χ3v) is 2.78. The quantitative estimate of drug-likeness (QED) is 0.684. The molecule has 0 unspecified atom stereocenters. The molecule has 0 aromatic carbocycles. The van der Waals surface area contributed by atoms with Gasteiger partial charge in [-0.3, -0.25) is 0 Å². The first-order valence-electron chi connectivity index (χ1n) is 4.88. The van der Waals surface area contributed by atoms with Crippen molar-refractivity contribution in [3.63, 3.8) is 0 Å². The number of nitrogens with zero attached hydrogens (tertiary/aromatic N) is 2. The van der Waals surface area contributed by atoms with Crippen LogP contribution >= 0.6 is 0 Å². The van der Waals surface area contributed by atoms with E-state index in [1.54, 1.807) is 0 Å². The summed E-state index contributed by atoms with van der Waals surface area (Å²) in [6, 6.07) is 2.07. The SMILES string of the molecule is Nc1onc2nc3c(cc12)CCCC3. The number of nitrogens with two attached hydrogens (primary N) is 1. The average molecular weight is 189 g/mol. The first kappa shape index (κ1) is 7.79. The molecule has 1 aliphatic rings. The van der Waals surface area contributed by atoms with E-state index >= 15 is 0 Å². The number of aryl methyl sites for hydroxylation is 2. The Morgan fingerprint density at radius 3 is 3.07 bits per heavy atom. The van der Waals surface area contributed by atoms with Crippen molar-refractivity contribution >= 4 is 16.9 Å². The van der Waals surface area contributed by atoms with Crippen LogP contribution in [0.3, 0.4) is 0 Å². The number of nitrogen functional groups attached to an aromatic ring is 1. The van der Waals surface area contributed by atoms with Crippen molar-refractivity contribution in [2.24, 2.45) is 0 Å². The van der Waals surface area contributed by atoms with Crippen LogP contribution in [0.25, 0.3) is 11.0 Å². The Labute approximate surface area is 81.1 Å². The van der Waals surface area contributed by atoms with E-state index in [2.05, 4.69) is 16.2 Å². The minimum atomic E-state index is 0.376. The smallest absolute Gasteiger partial charge is 0.231 e. The Morgan fingerprint density at radius 1 is 1.29 bits per heavy atom. The van der Waals surface area contributed by atoms with Gasteiger partial charge in [0.2, 0.25) is 11.5 Å². The van der Waals surface area contributed by atoms with E-state index in [0.717, 1.165) is 23.9 Å². The van der Waals surface area contributed by atoms with Crippen molar-refractivity contribution in [2.75, 3.05) is 5.73 Å². The molecule has 0 amide bonds. The monoisotopic (exact) mass is 189 g/mol. The Balaban J connectivity index is 2.29. The van der Waals surface area contributed by atoms with Gasteiger partial charge in [0.1, 0.15) is 0 Å². The molecule has 0 radical (unpaired) electrons. The van der Waals surface area contributed by atoms with Crippen molar-refractivity contribution in [2.45, 2.75) is 25.7 Å². The predicted octanol–water partition coefficient (Wildman–Crippen LogP) is 1.68. The predicted molar refractivity (Wildman–Crippen MR) is 52.9 cm³/mol. The van der Waals surface area contributed by atoms with Crippen LogP contribution in [0.5, 0.6) is 0 Å². The Morgan fingerprint density at radius 2 is 2.14 bits per heavy atom. The van der Waals surface area contributed by atoms with Gasteiger partial charge in [-0.15, -0.1) is 0 Å². The second kappa shape index (κ2) is 2.70. The van der Waals surface area contributed by atoms with E-state index < -0.39 is 0 Å². The van der Waals surface area contributed by atoms with E-state index in [1.807, 2.05) is 0 Å². The lowest BCUT2D eigenvalue weighted by Gasteiger charge is -2.13. The second-order valence-electron chi connectivity index (χ2n) is 3.72. The van der Waals surface area contributed by atoms with Crippen molar-refractivity contribution < 1.29 is 4.52 Å². The van der Waals surface area contributed by atoms with Gasteiger partial charge < -0.3 is 10.3 Å². The molecule has 0 fully saturated rings. The largest absolute Gasteiger partial charge is 0.367 e. The summed E-state index contributed by atoms with van der Waals surface area (Å²) < 4.78 is 4.90. The lowest BCUT2D eigenvalue weighted by Crippen LogP contribution is -2.05. The number of rotatable bonds is 0. The Kier molecular flexibility index (Phi) is 1.50.